The van der Waals surface area contributed by atoms with Crippen molar-refractivity contribution in [3.05, 3.63) is 22.4 Å². The normalized spacial score (nSPS) is 25.0. The smallest absolute Gasteiger partial charge is 0.261 e. The van der Waals surface area contributed by atoms with Gasteiger partial charge < -0.3 is 10.1 Å². The standard InChI is InChI=1S/C17H27NO2S/c1-13(2)17(8-10-20-16(3,4)12-17)7-9-18-15(19)14-6-5-11-21-14/h5-6,11,13H,7-10,12H2,1-4H3,(H,18,19)/t17-/m0/s1. The molecule has 118 valence electrons. The summed E-state index contributed by atoms with van der Waals surface area (Å²) in [5, 5.41) is 5.01. The molecule has 1 atom stereocenters. The van der Waals surface area contributed by atoms with Gasteiger partial charge in [-0.15, -0.1) is 11.3 Å². The van der Waals surface area contributed by atoms with Gasteiger partial charge in [-0.2, -0.15) is 0 Å². The first-order valence-electron chi connectivity index (χ1n) is 7.80. The third-order valence-corrected chi connectivity index (χ3v) is 5.62. The molecule has 2 rings (SSSR count). The zero-order chi connectivity index (χ0) is 15.5. The minimum absolute atomic E-state index is 0.0511. The fraction of sp³-hybridized carbons (Fsp3) is 0.706. The van der Waals surface area contributed by atoms with Gasteiger partial charge in [0, 0.05) is 13.2 Å². The highest BCUT2D eigenvalue weighted by Crippen LogP contribution is 2.46. The Balaban J connectivity index is 1.93. The van der Waals surface area contributed by atoms with Crippen molar-refractivity contribution in [1.82, 2.24) is 5.32 Å². The van der Waals surface area contributed by atoms with Gasteiger partial charge in [0.2, 0.25) is 0 Å². The van der Waals surface area contributed by atoms with Crippen molar-refractivity contribution in [3.63, 3.8) is 0 Å². The number of carbonyl (C=O) groups excluding carboxylic acids is 1. The van der Waals surface area contributed by atoms with Crippen LogP contribution in [0.3, 0.4) is 0 Å². The second-order valence-electron chi connectivity index (χ2n) is 7.04. The van der Waals surface area contributed by atoms with E-state index in [4.69, 9.17) is 4.74 Å². The van der Waals surface area contributed by atoms with E-state index in [9.17, 15) is 4.79 Å². The Morgan fingerprint density at radius 2 is 2.24 bits per heavy atom. The van der Waals surface area contributed by atoms with Crippen molar-refractivity contribution in [1.29, 1.82) is 0 Å². The van der Waals surface area contributed by atoms with Gasteiger partial charge in [0.1, 0.15) is 0 Å². The first-order chi connectivity index (χ1) is 9.85. The predicted molar refractivity (Wildman–Crippen MR) is 87.8 cm³/mol. The zero-order valence-corrected chi connectivity index (χ0v) is 14.4. The average molecular weight is 309 g/mol. The summed E-state index contributed by atoms with van der Waals surface area (Å²) in [7, 11) is 0. The predicted octanol–water partition coefficient (Wildman–Crippen LogP) is 4.10. The Hall–Kier alpha value is -0.870. The van der Waals surface area contributed by atoms with Crippen molar-refractivity contribution < 1.29 is 9.53 Å². The minimum Gasteiger partial charge on any atom is -0.376 e. The highest BCUT2D eigenvalue weighted by atomic mass is 32.1. The van der Waals surface area contributed by atoms with E-state index >= 15 is 0 Å². The lowest BCUT2D eigenvalue weighted by molar-refractivity contribution is -0.120. The van der Waals surface area contributed by atoms with E-state index in [0.717, 1.165) is 37.3 Å². The van der Waals surface area contributed by atoms with Gasteiger partial charge in [-0.3, -0.25) is 4.79 Å². The summed E-state index contributed by atoms with van der Waals surface area (Å²) in [6, 6.07) is 3.78. The summed E-state index contributed by atoms with van der Waals surface area (Å²) in [5.41, 5.74) is 0.213. The fourth-order valence-corrected chi connectivity index (χ4v) is 4.07. The van der Waals surface area contributed by atoms with Gasteiger partial charge in [0.25, 0.3) is 5.91 Å². The number of nitrogens with one attached hydrogen (secondary N) is 1. The second-order valence-corrected chi connectivity index (χ2v) is 7.98. The van der Waals surface area contributed by atoms with Gasteiger partial charge in [0.15, 0.2) is 0 Å². The van der Waals surface area contributed by atoms with E-state index in [1.54, 1.807) is 0 Å². The number of ether oxygens (including phenoxy) is 1. The van der Waals surface area contributed by atoms with E-state index in [-0.39, 0.29) is 16.9 Å². The molecule has 0 saturated carbocycles. The van der Waals surface area contributed by atoms with E-state index in [1.807, 2.05) is 17.5 Å². The van der Waals surface area contributed by atoms with E-state index in [2.05, 4.69) is 33.0 Å². The Bertz CT molecular complexity index is 467. The van der Waals surface area contributed by atoms with Gasteiger partial charge in [-0.05, 0) is 55.9 Å². The number of hydrogen-bond acceptors (Lipinski definition) is 3. The molecule has 0 spiro atoms. The molecule has 1 aromatic rings. The summed E-state index contributed by atoms with van der Waals surface area (Å²) >= 11 is 1.49. The largest absolute Gasteiger partial charge is 0.376 e. The van der Waals surface area contributed by atoms with Crippen LogP contribution in [0.1, 0.15) is 56.6 Å². The van der Waals surface area contributed by atoms with E-state index in [1.165, 1.54) is 11.3 Å². The molecule has 1 N–H and O–H groups in total. The van der Waals surface area contributed by atoms with Crippen LogP contribution in [0.5, 0.6) is 0 Å². The molecule has 0 bridgehead atoms. The molecule has 3 nitrogen and oxygen atoms in total. The molecule has 1 aromatic heterocycles. The van der Waals surface area contributed by atoms with Crippen molar-refractivity contribution in [2.45, 2.75) is 52.6 Å². The first-order valence-corrected chi connectivity index (χ1v) is 8.68. The lowest BCUT2D eigenvalue weighted by Crippen LogP contribution is -2.45. The number of thiophene rings is 1. The van der Waals surface area contributed by atoms with Crippen molar-refractivity contribution in [2.75, 3.05) is 13.2 Å². The van der Waals surface area contributed by atoms with Crippen LogP contribution in [0.25, 0.3) is 0 Å². The van der Waals surface area contributed by atoms with Crippen LogP contribution in [0.2, 0.25) is 0 Å². The van der Waals surface area contributed by atoms with Crippen molar-refractivity contribution in [3.8, 4) is 0 Å². The number of carbonyl (C=O) groups is 1. The summed E-state index contributed by atoms with van der Waals surface area (Å²) < 4.78 is 5.87. The maximum Gasteiger partial charge on any atom is 0.261 e. The molecule has 1 amide bonds. The van der Waals surface area contributed by atoms with Crippen LogP contribution < -0.4 is 5.32 Å². The minimum atomic E-state index is -0.0553. The summed E-state index contributed by atoms with van der Waals surface area (Å²) in [6.07, 6.45) is 3.17. The van der Waals surface area contributed by atoms with Crippen molar-refractivity contribution in [2.24, 2.45) is 11.3 Å². The quantitative estimate of drug-likeness (QED) is 0.889. The molecular weight excluding hydrogens is 282 g/mol. The zero-order valence-electron chi connectivity index (χ0n) is 13.6. The molecule has 2 heterocycles. The summed E-state index contributed by atoms with van der Waals surface area (Å²) in [6.45, 7) is 10.5. The SMILES string of the molecule is CC(C)[C@@]1(CCNC(=O)c2cccs2)CCOC(C)(C)C1. The number of rotatable bonds is 5. The molecule has 1 aliphatic rings. The Morgan fingerprint density at radius 1 is 1.48 bits per heavy atom. The maximum atomic E-state index is 12.0. The molecular formula is C17H27NO2S. The summed E-state index contributed by atoms with van der Waals surface area (Å²) in [4.78, 5) is 12.8. The van der Waals surface area contributed by atoms with Crippen LogP contribution in [0.15, 0.2) is 17.5 Å². The molecule has 0 radical (unpaired) electrons. The molecule has 21 heavy (non-hydrogen) atoms. The monoisotopic (exact) mass is 309 g/mol. The highest BCUT2D eigenvalue weighted by molar-refractivity contribution is 7.12. The average Bonchev–Trinajstić information content (AvgIpc) is 2.91. The van der Waals surface area contributed by atoms with E-state index in [0.29, 0.717) is 5.92 Å². The number of hydrogen-bond donors (Lipinski definition) is 1. The van der Waals surface area contributed by atoms with Crippen molar-refractivity contribution >= 4 is 17.2 Å². The van der Waals surface area contributed by atoms with Gasteiger partial charge >= 0.3 is 0 Å². The molecule has 1 saturated heterocycles. The van der Waals surface area contributed by atoms with Gasteiger partial charge in [0.05, 0.1) is 10.5 Å². The Kier molecular flexibility index (Phi) is 5.10. The van der Waals surface area contributed by atoms with Gasteiger partial charge in [-0.25, -0.2) is 0 Å². The fourth-order valence-electron chi connectivity index (χ4n) is 3.43. The Labute approximate surface area is 132 Å². The second kappa shape index (κ2) is 6.49. The summed E-state index contributed by atoms with van der Waals surface area (Å²) in [5.74, 6) is 0.648. The molecule has 1 aliphatic heterocycles. The van der Waals surface area contributed by atoms with E-state index < -0.39 is 0 Å². The number of amides is 1. The lowest BCUT2D eigenvalue weighted by Gasteiger charge is -2.47. The molecule has 0 aliphatic carbocycles. The van der Waals surface area contributed by atoms with Crippen LogP contribution in [-0.4, -0.2) is 24.7 Å². The topological polar surface area (TPSA) is 38.3 Å². The van der Waals surface area contributed by atoms with Crippen LogP contribution >= 0.6 is 11.3 Å². The third-order valence-electron chi connectivity index (χ3n) is 4.75. The molecule has 0 aromatic carbocycles. The molecule has 0 unspecified atom stereocenters. The van der Waals surface area contributed by atoms with Crippen LogP contribution in [-0.2, 0) is 4.74 Å². The van der Waals surface area contributed by atoms with Gasteiger partial charge in [-0.1, -0.05) is 19.9 Å². The van der Waals surface area contributed by atoms with Crippen LogP contribution in [0, 0.1) is 11.3 Å². The van der Waals surface area contributed by atoms with Crippen LogP contribution in [0.4, 0.5) is 0 Å². The molecule has 4 heteroatoms. The third kappa shape index (κ3) is 4.07. The first kappa shape index (κ1) is 16.5. The Morgan fingerprint density at radius 3 is 2.81 bits per heavy atom. The maximum absolute atomic E-state index is 12.0. The lowest BCUT2D eigenvalue weighted by atomic mass is 9.65. The molecule has 1 fully saturated rings. The highest BCUT2D eigenvalue weighted by Gasteiger charge is 2.42.